The van der Waals surface area contributed by atoms with Crippen molar-refractivity contribution in [1.29, 1.82) is 0 Å². The number of hydrogen-bond acceptors (Lipinski definition) is 3. The molecule has 1 atom stereocenters. The molecule has 0 aromatic heterocycles. The molecular formula is C15H17NO4S. The van der Waals surface area contributed by atoms with Gasteiger partial charge in [0.05, 0.1) is 11.3 Å². The Morgan fingerprint density at radius 2 is 2.00 bits per heavy atom. The lowest BCUT2D eigenvalue weighted by Gasteiger charge is -2.17. The molecule has 0 bridgehead atoms. The molecule has 0 saturated heterocycles. The molecule has 0 aliphatic heterocycles. The van der Waals surface area contributed by atoms with E-state index in [1.54, 1.807) is 18.2 Å². The topological polar surface area (TPSA) is 83.5 Å². The molecule has 5 nitrogen and oxygen atoms in total. The summed E-state index contributed by atoms with van der Waals surface area (Å²) in [5.41, 5.74) is 3.17. The molecule has 0 amide bonds. The van der Waals surface area contributed by atoms with E-state index >= 15 is 0 Å². The van der Waals surface area contributed by atoms with Crippen molar-refractivity contribution in [3.8, 4) is 0 Å². The zero-order valence-corrected chi connectivity index (χ0v) is 12.3. The highest BCUT2D eigenvalue weighted by molar-refractivity contribution is 7.89. The normalized spacial score (nSPS) is 20.6. The maximum atomic E-state index is 12.1. The van der Waals surface area contributed by atoms with E-state index in [1.807, 2.05) is 6.08 Å². The fourth-order valence-electron chi connectivity index (χ4n) is 2.85. The number of sulfonamides is 1. The van der Waals surface area contributed by atoms with Gasteiger partial charge in [-0.25, -0.2) is 17.9 Å². The Hall–Kier alpha value is -1.66. The summed E-state index contributed by atoms with van der Waals surface area (Å²) in [6.45, 7) is 0. The third-order valence-electron chi connectivity index (χ3n) is 4.01. The van der Waals surface area contributed by atoms with Crippen LogP contribution in [-0.2, 0) is 22.9 Å². The zero-order chi connectivity index (χ0) is 15.0. The minimum absolute atomic E-state index is 0.0836. The molecule has 112 valence electrons. The van der Waals surface area contributed by atoms with Crippen molar-refractivity contribution >= 4 is 16.0 Å². The number of fused-ring (bicyclic) bond motifs is 1. The second kappa shape index (κ2) is 5.27. The molecular weight excluding hydrogens is 290 g/mol. The van der Waals surface area contributed by atoms with Gasteiger partial charge in [0.15, 0.2) is 0 Å². The summed E-state index contributed by atoms with van der Waals surface area (Å²) in [6, 6.07) is 4.81. The lowest BCUT2D eigenvalue weighted by molar-refractivity contribution is 0.0696. The Labute approximate surface area is 123 Å². The quantitative estimate of drug-likeness (QED) is 0.807. The molecule has 0 fully saturated rings. The first kappa shape index (κ1) is 14.3. The summed E-state index contributed by atoms with van der Waals surface area (Å²) in [5.74, 6) is -0.876. The first-order valence-electron chi connectivity index (χ1n) is 6.96. The lowest BCUT2D eigenvalue weighted by atomic mass is 10.0. The number of hydrogen-bond donors (Lipinski definition) is 2. The fourth-order valence-corrected chi connectivity index (χ4v) is 4.36. The highest BCUT2D eigenvalue weighted by Crippen LogP contribution is 2.25. The van der Waals surface area contributed by atoms with Crippen molar-refractivity contribution in [2.75, 3.05) is 5.75 Å². The number of carboxylic acids is 1. The van der Waals surface area contributed by atoms with E-state index in [9.17, 15) is 13.2 Å². The van der Waals surface area contributed by atoms with Crippen molar-refractivity contribution < 1.29 is 18.3 Å². The average Bonchev–Trinajstić information content (AvgIpc) is 2.74. The van der Waals surface area contributed by atoms with Gasteiger partial charge in [0, 0.05) is 6.04 Å². The Morgan fingerprint density at radius 1 is 1.29 bits per heavy atom. The molecule has 3 rings (SSSR count). The molecule has 1 aromatic carbocycles. The van der Waals surface area contributed by atoms with Gasteiger partial charge in [0.1, 0.15) is 0 Å². The van der Waals surface area contributed by atoms with Crippen LogP contribution in [0.4, 0.5) is 0 Å². The van der Waals surface area contributed by atoms with Gasteiger partial charge in [-0.15, -0.1) is 0 Å². The van der Waals surface area contributed by atoms with E-state index in [4.69, 9.17) is 5.11 Å². The summed E-state index contributed by atoms with van der Waals surface area (Å²) >= 11 is 0. The highest BCUT2D eigenvalue weighted by Gasteiger charge is 2.27. The Bertz CT molecular complexity index is 721. The molecule has 2 N–H and O–H groups in total. The standard InChI is InChI=1S/C15H17NO4S/c17-15(18)12-5-4-11-7-14(8-13(11)6-12)16-21(19,20)9-10-2-1-3-10/h2,4-6,14,16H,1,3,7-9H2,(H,17,18). The number of aromatic carboxylic acids is 1. The van der Waals surface area contributed by atoms with Crippen LogP contribution in [0.3, 0.4) is 0 Å². The van der Waals surface area contributed by atoms with E-state index in [0.717, 1.165) is 29.5 Å². The monoisotopic (exact) mass is 307 g/mol. The second-order valence-electron chi connectivity index (χ2n) is 5.67. The molecule has 1 aromatic rings. The number of carbonyl (C=O) groups is 1. The number of allylic oxidation sites excluding steroid dienone is 1. The number of nitrogens with one attached hydrogen (secondary N) is 1. The molecule has 0 heterocycles. The van der Waals surface area contributed by atoms with Gasteiger partial charge in [0.2, 0.25) is 10.0 Å². The summed E-state index contributed by atoms with van der Waals surface area (Å²) in [7, 11) is -3.30. The van der Waals surface area contributed by atoms with Gasteiger partial charge in [-0.05, 0) is 48.9 Å². The smallest absolute Gasteiger partial charge is 0.335 e. The van der Waals surface area contributed by atoms with Gasteiger partial charge in [-0.3, -0.25) is 0 Å². The lowest BCUT2D eigenvalue weighted by Crippen LogP contribution is -2.37. The summed E-state index contributed by atoms with van der Waals surface area (Å²) < 4.78 is 26.9. The van der Waals surface area contributed by atoms with E-state index in [0.29, 0.717) is 12.8 Å². The van der Waals surface area contributed by atoms with Gasteiger partial charge >= 0.3 is 5.97 Å². The molecule has 0 radical (unpaired) electrons. The third kappa shape index (κ3) is 3.16. The van der Waals surface area contributed by atoms with E-state index in [-0.39, 0.29) is 17.4 Å². The second-order valence-corrected chi connectivity index (χ2v) is 7.43. The summed E-state index contributed by atoms with van der Waals surface area (Å²) in [5, 5.41) is 8.98. The van der Waals surface area contributed by atoms with Crippen molar-refractivity contribution in [2.45, 2.75) is 31.7 Å². The number of rotatable bonds is 5. The Balaban J connectivity index is 1.68. The minimum atomic E-state index is -3.30. The van der Waals surface area contributed by atoms with Gasteiger partial charge < -0.3 is 5.11 Å². The Kier molecular flexibility index (Phi) is 3.59. The van der Waals surface area contributed by atoms with Crippen molar-refractivity contribution in [3.05, 3.63) is 46.5 Å². The van der Waals surface area contributed by atoms with Gasteiger partial charge in [-0.1, -0.05) is 17.7 Å². The maximum Gasteiger partial charge on any atom is 0.335 e. The fraction of sp³-hybridized carbons (Fsp3) is 0.400. The maximum absolute atomic E-state index is 12.1. The van der Waals surface area contributed by atoms with Crippen LogP contribution in [0.25, 0.3) is 0 Å². The van der Waals surface area contributed by atoms with Crippen LogP contribution >= 0.6 is 0 Å². The van der Waals surface area contributed by atoms with Crippen LogP contribution in [0.1, 0.15) is 34.3 Å². The van der Waals surface area contributed by atoms with E-state index in [1.165, 1.54) is 0 Å². The van der Waals surface area contributed by atoms with Crippen LogP contribution < -0.4 is 4.72 Å². The SMILES string of the molecule is O=C(O)c1ccc2c(c1)CC(NS(=O)(=O)CC1=CCC1)C2. The van der Waals surface area contributed by atoms with Crippen molar-refractivity contribution in [1.82, 2.24) is 4.72 Å². The molecule has 1 unspecified atom stereocenters. The zero-order valence-electron chi connectivity index (χ0n) is 11.5. The molecule has 2 aliphatic rings. The summed E-state index contributed by atoms with van der Waals surface area (Å²) in [6.07, 6.45) is 4.97. The first-order valence-corrected chi connectivity index (χ1v) is 8.61. The largest absolute Gasteiger partial charge is 0.478 e. The average molecular weight is 307 g/mol. The minimum Gasteiger partial charge on any atom is -0.478 e. The van der Waals surface area contributed by atoms with Crippen LogP contribution in [0, 0.1) is 0 Å². The first-order chi connectivity index (χ1) is 9.93. The van der Waals surface area contributed by atoms with E-state index < -0.39 is 16.0 Å². The highest BCUT2D eigenvalue weighted by atomic mass is 32.2. The third-order valence-corrected chi connectivity index (χ3v) is 5.45. The molecule has 21 heavy (non-hydrogen) atoms. The van der Waals surface area contributed by atoms with E-state index in [2.05, 4.69) is 4.72 Å². The predicted octanol–water partition coefficient (Wildman–Crippen LogP) is 1.49. The van der Waals surface area contributed by atoms with Gasteiger partial charge in [-0.2, -0.15) is 0 Å². The summed E-state index contributed by atoms with van der Waals surface area (Å²) in [4.78, 5) is 11.0. The van der Waals surface area contributed by atoms with Crippen molar-refractivity contribution in [2.24, 2.45) is 0 Å². The van der Waals surface area contributed by atoms with Crippen molar-refractivity contribution in [3.63, 3.8) is 0 Å². The van der Waals surface area contributed by atoms with Crippen LogP contribution in [0.5, 0.6) is 0 Å². The molecule has 6 heteroatoms. The van der Waals surface area contributed by atoms with Gasteiger partial charge in [0.25, 0.3) is 0 Å². The predicted molar refractivity (Wildman–Crippen MR) is 78.8 cm³/mol. The molecule has 2 aliphatic carbocycles. The molecule has 0 spiro atoms. The Morgan fingerprint density at radius 3 is 2.62 bits per heavy atom. The number of carboxylic acid groups (broad SMARTS) is 1. The number of benzene rings is 1. The van der Waals surface area contributed by atoms with Crippen LogP contribution in [0.15, 0.2) is 29.8 Å². The van der Waals surface area contributed by atoms with Crippen LogP contribution in [-0.4, -0.2) is 31.3 Å². The molecule has 0 saturated carbocycles. The van der Waals surface area contributed by atoms with Crippen LogP contribution in [0.2, 0.25) is 0 Å².